The van der Waals surface area contributed by atoms with Crippen LogP contribution in [0.15, 0.2) is 0 Å². The molecule has 3 heteroatoms. The van der Waals surface area contributed by atoms with E-state index in [4.69, 9.17) is 5.73 Å². The molecule has 0 aromatic rings. The standard InChI is InChI=1S/C15H30N2O/c1-2-17(11-13-5-3-6-13)10-8-14-7-4-9-15(14,16)12-18/h13-14,18H,2-12,16H2,1H3. The van der Waals surface area contributed by atoms with Crippen LogP contribution in [0.5, 0.6) is 0 Å². The van der Waals surface area contributed by atoms with Gasteiger partial charge in [-0.2, -0.15) is 0 Å². The summed E-state index contributed by atoms with van der Waals surface area (Å²) in [7, 11) is 0. The summed E-state index contributed by atoms with van der Waals surface area (Å²) in [5.74, 6) is 1.48. The first-order chi connectivity index (χ1) is 8.68. The lowest BCUT2D eigenvalue weighted by molar-refractivity contribution is 0.133. The molecule has 2 aliphatic carbocycles. The second-order valence-corrected chi connectivity index (χ2v) is 6.46. The van der Waals surface area contributed by atoms with Crippen LogP contribution < -0.4 is 5.73 Å². The molecule has 2 fully saturated rings. The number of nitrogens with two attached hydrogens (primary N) is 1. The number of aliphatic hydroxyl groups excluding tert-OH is 1. The van der Waals surface area contributed by atoms with Crippen molar-refractivity contribution in [2.75, 3.05) is 26.2 Å². The zero-order valence-corrected chi connectivity index (χ0v) is 11.9. The molecule has 0 saturated heterocycles. The Labute approximate surface area is 112 Å². The van der Waals surface area contributed by atoms with Gasteiger partial charge in [-0.3, -0.25) is 0 Å². The molecular weight excluding hydrogens is 224 g/mol. The number of hydrogen-bond acceptors (Lipinski definition) is 3. The van der Waals surface area contributed by atoms with Gasteiger partial charge in [-0.25, -0.2) is 0 Å². The van der Waals surface area contributed by atoms with Crippen LogP contribution in [-0.2, 0) is 0 Å². The Morgan fingerprint density at radius 3 is 2.61 bits per heavy atom. The molecule has 2 saturated carbocycles. The van der Waals surface area contributed by atoms with Crippen molar-refractivity contribution in [2.45, 2.75) is 57.4 Å². The molecule has 2 rings (SSSR count). The van der Waals surface area contributed by atoms with Crippen LogP contribution in [-0.4, -0.2) is 41.8 Å². The van der Waals surface area contributed by atoms with Crippen molar-refractivity contribution in [1.29, 1.82) is 0 Å². The van der Waals surface area contributed by atoms with Gasteiger partial charge in [-0.15, -0.1) is 0 Å². The number of nitrogens with zero attached hydrogens (tertiary/aromatic N) is 1. The van der Waals surface area contributed by atoms with E-state index in [0.717, 1.165) is 31.8 Å². The first-order valence-electron chi connectivity index (χ1n) is 7.80. The van der Waals surface area contributed by atoms with E-state index in [1.165, 1.54) is 38.6 Å². The van der Waals surface area contributed by atoms with E-state index >= 15 is 0 Å². The van der Waals surface area contributed by atoms with Crippen LogP contribution in [0.2, 0.25) is 0 Å². The Kier molecular flexibility index (Phi) is 5.05. The molecule has 2 atom stereocenters. The summed E-state index contributed by atoms with van der Waals surface area (Å²) in [5.41, 5.74) is 6.02. The smallest absolute Gasteiger partial charge is 0.0613 e. The molecule has 0 aliphatic heterocycles. The molecule has 0 spiro atoms. The van der Waals surface area contributed by atoms with Crippen LogP contribution in [0.3, 0.4) is 0 Å². The highest BCUT2D eigenvalue weighted by atomic mass is 16.3. The Bertz CT molecular complexity index is 255. The Morgan fingerprint density at radius 1 is 1.28 bits per heavy atom. The average molecular weight is 254 g/mol. The minimum atomic E-state index is -0.282. The summed E-state index contributed by atoms with van der Waals surface area (Å²) >= 11 is 0. The van der Waals surface area contributed by atoms with Gasteiger partial charge < -0.3 is 15.7 Å². The van der Waals surface area contributed by atoms with Gasteiger partial charge in [0.25, 0.3) is 0 Å². The summed E-state index contributed by atoms with van der Waals surface area (Å²) < 4.78 is 0. The first-order valence-corrected chi connectivity index (χ1v) is 7.80. The van der Waals surface area contributed by atoms with Crippen LogP contribution >= 0.6 is 0 Å². The lowest BCUT2D eigenvalue weighted by Crippen LogP contribution is -2.48. The van der Waals surface area contributed by atoms with Gasteiger partial charge in [-0.05, 0) is 57.0 Å². The maximum atomic E-state index is 9.47. The highest BCUT2D eigenvalue weighted by molar-refractivity contribution is 4.96. The fourth-order valence-electron chi connectivity index (χ4n) is 3.57. The van der Waals surface area contributed by atoms with Crippen molar-refractivity contribution < 1.29 is 5.11 Å². The minimum absolute atomic E-state index is 0.159. The van der Waals surface area contributed by atoms with Gasteiger partial charge >= 0.3 is 0 Å². The van der Waals surface area contributed by atoms with Crippen molar-refractivity contribution in [3.63, 3.8) is 0 Å². The highest BCUT2D eigenvalue weighted by Crippen LogP contribution is 2.36. The van der Waals surface area contributed by atoms with Crippen molar-refractivity contribution >= 4 is 0 Å². The molecule has 106 valence electrons. The van der Waals surface area contributed by atoms with Gasteiger partial charge in [0.2, 0.25) is 0 Å². The average Bonchev–Trinajstić information content (AvgIpc) is 2.70. The zero-order valence-electron chi connectivity index (χ0n) is 11.9. The predicted octanol–water partition coefficient (Wildman–Crippen LogP) is 1.99. The molecule has 0 aromatic heterocycles. The lowest BCUT2D eigenvalue weighted by Gasteiger charge is -2.34. The monoisotopic (exact) mass is 254 g/mol. The van der Waals surface area contributed by atoms with Crippen LogP contribution in [0, 0.1) is 11.8 Å². The van der Waals surface area contributed by atoms with E-state index in [-0.39, 0.29) is 12.1 Å². The summed E-state index contributed by atoms with van der Waals surface area (Å²) in [4.78, 5) is 2.58. The zero-order chi connectivity index (χ0) is 13.0. The molecule has 0 heterocycles. The Hall–Kier alpha value is -0.120. The second-order valence-electron chi connectivity index (χ2n) is 6.46. The number of aliphatic hydroxyl groups is 1. The molecule has 0 bridgehead atoms. The predicted molar refractivity (Wildman–Crippen MR) is 75.4 cm³/mol. The van der Waals surface area contributed by atoms with E-state index in [1.54, 1.807) is 0 Å². The van der Waals surface area contributed by atoms with Crippen molar-refractivity contribution in [3.05, 3.63) is 0 Å². The van der Waals surface area contributed by atoms with Crippen LogP contribution in [0.1, 0.15) is 51.9 Å². The topological polar surface area (TPSA) is 49.5 Å². The molecule has 18 heavy (non-hydrogen) atoms. The second kappa shape index (κ2) is 6.36. The number of hydrogen-bond donors (Lipinski definition) is 2. The van der Waals surface area contributed by atoms with Gasteiger partial charge in [0.1, 0.15) is 0 Å². The van der Waals surface area contributed by atoms with Gasteiger partial charge in [0, 0.05) is 12.1 Å². The summed E-state index contributed by atoms with van der Waals surface area (Å²) in [6, 6.07) is 0. The van der Waals surface area contributed by atoms with E-state index in [0.29, 0.717) is 5.92 Å². The molecule has 0 amide bonds. The molecular formula is C15H30N2O. The third kappa shape index (κ3) is 3.25. The minimum Gasteiger partial charge on any atom is -0.394 e. The Balaban J connectivity index is 1.74. The lowest BCUT2D eigenvalue weighted by atomic mass is 9.84. The van der Waals surface area contributed by atoms with E-state index in [9.17, 15) is 5.11 Å². The van der Waals surface area contributed by atoms with E-state index < -0.39 is 0 Å². The fourth-order valence-corrected chi connectivity index (χ4v) is 3.57. The van der Waals surface area contributed by atoms with Gasteiger partial charge in [0.05, 0.1) is 6.61 Å². The summed E-state index contributed by atoms with van der Waals surface area (Å²) in [5, 5.41) is 9.47. The fraction of sp³-hybridized carbons (Fsp3) is 1.00. The summed E-state index contributed by atoms with van der Waals surface area (Å²) in [6.07, 6.45) is 8.85. The Morgan fingerprint density at radius 2 is 2.06 bits per heavy atom. The third-order valence-corrected chi connectivity index (χ3v) is 5.28. The van der Waals surface area contributed by atoms with E-state index in [2.05, 4.69) is 11.8 Å². The third-order valence-electron chi connectivity index (χ3n) is 5.28. The van der Waals surface area contributed by atoms with Crippen molar-refractivity contribution in [1.82, 2.24) is 4.90 Å². The first kappa shape index (κ1) is 14.3. The number of rotatable bonds is 7. The highest BCUT2D eigenvalue weighted by Gasteiger charge is 2.38. The molecule has 2 unspecified atom stereocenters. The van der Waals surface area contributed by atoms with Gasteiger partial charge in [0.15, 0.2) is 0 Å². The maximum absolute atomic E-state index is 9.47. The largest absolute Gasteiger partial charge is 0.394 e. The van der Waals surface area contributed by atoms with Gasteiger partial charge in [-0.1, -0.05) is 19.8 Å². The molecule has 2 aliphatic rings. The molecule has 0 aromatic carbocycles. The maximum Gasteiger partial charge on any atom is 0.0613 e. The van der Waals surface area contributed by atoms with Crippen molar-refractivity contribution in [3.8, 4) is 0 Å². The summed E-state index contributed by atoms with van der Waals surface area (Å²) in [6.45, 7) is 6.01. The normalized spacial score (nSPS) is 33.0. The molecule has 3 N–H and O–H groups in total. The molecule has 0 radical (unpaired) electrons. The van der Waals surface area contributed by atoms with E-state index in [1.807, 2.05) is 0 Å². The quantitative estimate of drug-likeness (QED) is 0.730. The van der Waals surface area contributed by atoms with Crippen molar-refractivity contribution in [2.24, 2.45) is 17.6 Å². The van der Waals surface area contributed by atoms with Crippen LogP contribution in [0.25, 0.3) is 0 Å². The SMILES string of the molecule is CCN(CCC1CCCC1(N)CO)CC1CCC1. The molecule has 3 nitrogen and oxygen atoms in total. The van der Waals surface area contributed by atoms with Crippen LogP contribution in [0.4, 0.5) is 0 Å².